The highest BCUT2D eigenvalue weighted by atomic mass is 32.2. The molecule has 0 aliphatic heterocycles. The summed E-state index contributed by atoms with van der Waals surface area (Å²) in [7, 11) is 1.52. The van der Waals surface area contributed by atoms with Gasteiger partial charge < -0.3 is 10.1 Å². The Morgan fingerprint density at radius 2 is 1.83 bits per heavy atom. The van der Waals surface area contributed by atoms with E-state index in [2.05, 4.69) is 5.32 Å². The Hall–Kier alpha value is -1.69. The Morgan fingerprint density at radius 3 is 2.33 bits per heavy atom. The second-order valence-corrected chi connectivity index (χ2v) is 5.01. The number of hydrogen-bond donors (Lipinski definition) is 1. The van der Waals surface area contributed by atoms with Gasteiger partial charge in [0, 0.05) is 23.4 Å². The molecule has 1 rings (SSSR count). The number of ether oxygens (including phenoxy) is 1. The van der Waals surface area contributed by atoms with Crippen LogP contribution in [-0.2, 0) is 15.6 Å². The van der Waals surface area contributed by atoms with Crippen LogP contribution in [0.1, 0.15) is 10.4 Å². The number of methoxy groups -OCH3 is 1. The van der Waals surface area contributed by atoms with Gasteiger partial charge in [-0.15, -0.1) is 0 Å². The molecule has 1 amide bonds. The number of Topliss-reactive ketones (excluding diaryl/α,β-unsaturated/α-hetero) is 1. The fourth-order valence-corrected chi connectivity index (χ4v) is 2.27. The van der Waals surface area contributed by atoms with Gasteiger partial charge in [-0.25, -0.2) is 0 Å². The molecule has 0 aromatic heterocycles. The average Bonchev–Trinajstić information content (AvgIpc) is 2.38. The van der Waals surface area contributed by atoms with E-state index in [9.17, 15) is 13.8 Å². The monoisotopic (exact) mass is 269 g/mol. The second-order valence-electron chi connectivity index (χ2n) is 3.55. The van der Waals surface area contributed by atoms with Crippen molar-refractivity contribution in [1.29, 1.82) is 0 Å². The molecule has 1 N–H and O–H groups in total. The Morgan fingerprint density at radius 1 is 1.22 bits per heavy atom. The van der Waals surface area contributed by atoms with E-state index >= 15 is 0 Å². The molecule has 0 aliphatic carbocycles. The van der Waals surface area contributed by atoms with Gasteiger partial charge in [-0.05, 0) is 24.3 Å². The van der Waals surface area contributed by atoms with Crippen molar-refractivity contribution < 1.29 is 18.5 Å². The third-order valence-electron chi connectivity index (χ3n) is 2.27. The molecule has 0 spiro atoms. The third kappa shape index (κ3) is 4.29. The Balaban J connectivity index is 2.59. The first-order valence-corrected chi connectivity index (χ1v) is 6.78. The van der Waals surface area contributed by atoms with Crippen LogP contribution in [0, 0.1) is 0 Å². The summed E-state index contributed by atoms with van der Waals surface area (Å²) in [5.74, 6) is -0.244. The molecule has 0 saturated heterocycles. The minimum absolute atomic E-state index is 0.153. The zero-order valence-corrected chi connectivity index (χ0v) is 11.1. The number of ketones is 1. The molecule has 98 valence electrons. The first kappa shape index (κ1) is 14.4. The van der Waals surface area contributed by atoms with Crippen molar-refractivity contribution in [3.05, 3.63) is 29.8 Å². The van der Waals surface area contributed by atoms with E-state index in [1.54, 1.807) is 24.3 Å². The van der Waals surface area contributed by atoms with E-state index in [1.165, 1.54) is 14.2 Å². The first-order chi connectivity index (χ1) is 8.56. The summed E-state index contributed by atoms with van der Waals surface area (Å²) in [5, 5.41) is 2.36. The zero-order valence-electron chi connectivity index (χ0n) is 10.3. The summed E-state index contributed by atoms with van der Waals surface area (Å²) >= 11 is 0. The van der Waals surface area contributed by atoms with Crippen molar-refractivity contribution in [1.82, 2.24) is 5.32 Å². The van der Waals surface area contributed by atoms with Gasteiger partial charge in [-0.3, -0.25) is 13.8 Å². The topological polar surface area (TPSA) is 72.5 Å². The molecule has 1 unspecified atom stereocenters. The molecule has 1 aromatic rings. The normalized spacial score (nSPS) is 11.7. The van der Waals surface area contributed by atoms with Gasteiger partial charge in [0.2, 0.25) is 5.91 Å². The first-order valence-electron chi connectivity index (χ1n) is 5.29. The quantitative estimate of drug-likeness (QED) is 0.757. The van der Waals surface area contributed by atoms with E-state index in [-0.39, 0.29) is 23.2 Å². The van der Waals surface area contributed by atoms with Gasteiger partial charge in [0.1, 0.15) is 11.5 Å². The number of rotatable bonds is 6. The van der Waals surface area contributed by atoms with Crippen molar-refractivity contribution in [2.24, 2.45) is 0 Å². The van der Waals surface area contributed by atoms with Crippen LogP contribution in [0.3, 0.4) is 0 Å². The van der Waals surface area contributed by atoms with E-state index in [0.717, 1.165) is 0 Å². The van der Waals surface area contributed by atoms with Crippen LogP contribution >= 0.6 is 0 Å². The minimum Gasteiger partial charge on any atom is -0.497 e. The van der Waals surface area contributed by atoms with Crippen LogP contribution in [0.15, 0.2) is 24.3 Å². The number of carbonyl (C=O) groups is 2. The lowest BCUT2D eigenvalue weighted by Gasteiger charge is -2.03. The van der Waals surface area contributed by atoms with Crippen LogP contribution in [0.5, 0.6) is 5.75 Å². The van der Waals surface area contributed by atoms with E-state index in [0.29, 0.717) is 11.3 Å². The Kier molecular flexibility index (Phi) is 5.51. The van der Waals surface area contributed by atoms with Crippen LogP contribution < -0.4 is 10.1 Å². The van der Waals surface area contributed by atoms with Gasteiger partial charge in [0.05, 0.1) is 12.9 Å². The Labute approximate surface area is 108 Å². The van der Waals surface area contributed by atoms with Gasteiger partial charge in [-0.1, -0.05) is 0 Å². The number of carbonyl (C=O) groups excluding carboxylic acids is 2. The fraction of sp³-hybridized carbons (Fsp3) is 0.333. The highest BCUT2D eigenvalue weighted by Gasteiger charge is 2.13. The highest BCUT2D eigenvalue weighted by molar-refractivity contribution is 7.86. The Bertz CT molecular complexity index is 456. The lowest BCUT2D eigenvalue weighted by Crippen LogP contribution is -2.26. The van der Waals surface area contributed by atoms with Gasteiger partial charge in [0.15, 0.2) is 5.78 Å². The summed E-state index contributed by atoms with van der Waals surface area (Å²) in [5.41, 5.74) is 0.459. The van der Waals surface area contributed by atoms with Gasteiger partial charge in [0.25, 0.3) is 0 Å². The standard InChI is InChI=1S/C12H15NO4S/c1-13-12(15)8-18(16)7-11(14)9-3-5-10(17-2)6-4-9/h3-6H,7-8H2,1-2H3,(H,13,15). The SMILES string of the molecule is CNC(=O)CS(=O)CC(=O)c1ccc(OC)cc1. The summed E-state index contributed by atoms with van der Waals surface area (Å²) in [6.07, 6.45) is 0. The summed E-state index contributed by atoms with van der Waals surface area (Å²) in [6, 6.07) is 6.54. The number of nitrogens with one attached hydrogen (secondary N) is 1. The zero-order chi connectivity index (χ0) is 13.5. The summed E-state index contributed by atoms with van der Waals surface area (Å²) < 4.78 is 16.5. The molecule has 6 heteroatoms. The molecule has 1 atom stereocenters. The molecule has 0 saturated carbocycles. The number of benzene rings is 1. The third-order valence-corrected chi connectivity index (χ3v) is 3.44. The van der Waals surface area contributed by atoms with Crippen molar-refractivity contribution >= 4 is 22.5 Å². The van der Waals surface area contributed by atoms with Crippen LogP contribution in [0.4, 0.5) is 0 Å². The summed E-state index contributed by atoms with van der Waals surface area (Å²) in [4.78, 5) is 22.8. The molecule has 0 heterocycles. The lowest BCUT2D eigenvalue weighted by molar-refractivity contribution is -0.118. The number of amides is 1. The predicted octanol–water partition coefficient (Wildman–Crippen LogP) is 0.373. The lowest BCUT2D eigenvalue weighted by atomic mass is 10.1. The van der Waals surface area contributed by atoms with Crippen molar-refractivity contribution in [2.45, 2.75) is 0 Å². The maximum atomic E-state index is 11.8. The van der Waals surface area contributed by atoms with Crippen molar-refractivity contribution in [3.63, 3.8) is 0 Å². The fourth-order valence-electron chi connectivity index (χ4n) is 1.28. The maximum Gasteiger partial charge on any atom is 0.232 e. The predicted molar refractivity (Wildman–Crippen MR) is 69.3 cm³/mol. The van der Waals surface area contributed by atoms with Crippen molar-refractivity contribution in [2.75, 3.05) is 25.7 Å². The second kappa shape index (κ2) is 6.90. The molecule has 0 fully saturated rings. The van der Waals surface area contributed by atoms with E-state index in [1.807, 2.05) is 0 Å². The molecule has 5 nitrogen and oxygen atoms in total. The molecular formula is C12H15NO4S. The maximum absolute atomic E-state index is 11.8. The molecule has 0 aliphatic rings. The van der Waals surface area contributed by atoms with Gasteiger partial charge in [-0.2, -0.15) is 0 Å². The molecule has 0 radical (unpaired) electrons. The van der Waals surface area contributed by atoms with Crippen LogP contribution in [-0.4, -0.2) is 41.6 Å². The van der Waals surface area contributed by atoms with Crippen LogP contribution in [0.25, 0.3) is 0 Å². The molecular weight excluding hydrogens is 254 g/mol. The van der Waals surface area contributed by atoms with Crippen molar-refractivity contribution in [3.8, 4) is 5.75 Å². The molecule has 1 aromatic carbocycles. The smallest absolute Gasteiger partial charge is 0.232 e. The molecule has 18 heavy (non-hydrogen) atoms. The summed E-state index contributed by atoms with van der Waals surface area (Å²) in [6.45, 7) is 0. The van der Waals surface area contributed by atoms with Crippen LogP contribution in [0.2, 0.25) is 0 Å². The molecule has 0 bridgehead atoms. The average molecular weight is 269 g/mol. The number of hydrogen-bond acceptors (Lipinski definition) is 4. The highest BCUT2D eigenvalue weighted by Crippen LogP contribution is 2.12. The van der Waals surface area contributed by atoms with E-state index < -0.39 is 10.8 Å². The van der Waals surface area contributed by atoms with E-state index in [4.69, 9.17) is 4.74 Å². The largest absolute Gasteiger partial charge is 0.497 e. The minimum atomic E-state index is -1.48. The van der Waals surface area contributed by atoms with Gasteiger partial charge >= 0.3 is 0 Å².